The standard InChI is InChI=1S/C18H36O2.2Ca.H3O4P.4H/c1-2-3-4-5-6-7-8-9-10-11-12-13-14-15-16-17-18(19)20;;;1-5(2,3)4;;;;/h2-17H2,1H3,(H,19,20);;;(H3,1,2,3,4);;;;/q;2*+2;;4*-1. The van der Waals surface area contributed by atoms with Crippen LogP contribution >= 0.6 is 7.82 Å². The molecule has 0 fully saturated rings. The van der Waals surface area contributed by atoms with E-state index in [1.165, 1.54) is 83.5 Å². The van der Waals surface area contributed by atoms with Crippen molar-refractivity contribution >= 4 is 89.3 Å². The second kappa shape index (κ2) is 28.1. The van der Waals surface area contributed by atoms with Crippen LogP contribution in [-0.4, -0.2) is 101 Å². The number of carboxylic acid groups (broad SMARTS) is 1. The van der Waals surface area contributed by atoms with Crippen LogP contribution in [0.4, 0.5) is 0 Å². The molecule has 0 spiro atoms. The number of carboxylic acids is 1. The Labute approximate surface area is 231 Å². The summed E-state index contributed by atoms with van der Waals surface area (Å²) >= 11 is 0. The van der Waals surface area contributed by atoms with Crippen LogP contribution in [0.5, 0.6) is 0 Å². The van der Waals surface area contributed by atoms with Gasteiger partial charge in [0.15, 0.2) is 0 Å². The van der Waals surface area contributed by atoms with Gasteiger partial charge in [0, 0.05) is 6.42 Å². The van der Waals surface area contributed by atoms with Crippen LogP contribution in [-0.2, 0) is 9.36 Å². The van der Waals surface area contributed by atoms with E-state index >= 15 is 0 Å². The van der Waals surface area contributed by atoms with Crippen molar-refractivity contribution in [3.05, 3.63) is 0 Å². The van der Waals surface area contributed by atoms with Gasteiger partial charge in [-0.15, -0.1) is 0 Å². The van der Waals surface area contributed by atoms with Crippen LogP contribution in [0.3, 0.4) is 0 Å². The molecule has 0 aliphatic carbocycles. The zero-order valence-electron chi connectivity index (χ0n) is 21.3. The maximum atomic E-state index is 10.3. The first kappa shape index (κ1) is 36.5. The van der Waals surface area contributed by atoms with Gasteiger partial charge in [-0.1, -0.05) is 96.8 Å². The van der Waals surface area contributed by atoms with E-state index in [1.807, 2.05) is 0 Å². The van der Waals surface area contributed by atoms with Gasteiger partial charge in [0.1, 0.15) is 0 Å². The normalized spacial score (nSPS) is 10.2. The molecule has 0 amide bonds. The fraction of sp³-hybridized carbons (Fsp3) is 0.944. The summed E-state index contributed by atoms with van der Waals surface area (Å²) in [6, 6.07) is 0. The number of carbonyl (C=O) groups is 1. The van der Waals surface area contributed by atoms with Gasteiger partial charge in [0.05, 0.1) is 0 Å². The molecular formula is C18H43Ca2O6P. The predicted molar refractivity (Wildman–Crippen MR) is 117 cm³/mol. The second-order valence-corrected chi connectivity index (χ2v) is 7.63. The van der Waals surface area contributed by atoms with Gasteiger partial charge in [-0.25, -0.2) is 4.57 Å². The van der Waals surface area contributed by atoms with Crippen LogP contribution in [0.15, 0.2) is 0 Å². The summed E-state index contributed by atoms with van der Waals surface area (Å²) in [5.74, 6) is -0.653. The molecule has 0 aromatic heterocycles. The average molecular weight is 467 g/mol. The summed E-state index contributed by atoms with van der Waals surface area (Å²) in [5.41, 5.74) is 0. The second-order valence-electron chi connectivity index (χ2n) is 6.61. The van der Waals surface area contributed by atoms with E-state index < -0.39 is 13.8 Å². The maximum absolute atomic E-state index is 10.3. The third-order valence-corrected chi connectivity index (χ3v) is 3.99. The van der Waals surface area contributed by atoms with E-state index in [0.717, 1.165) is 12.8 Å². The van der Waals surface area contributed by atoms with Crippen molar-refractivity contribution < 1.29 is 34.9 Å². The molecule has 0 aromatic carbocycles. The quantitative estimate of drug-likeness (QED) is 0.143. The molecule has 27 heavy (non-hydrogen) atoms. The molecule has 0 bridgehead atoms. The Balaban J connectivity index is -0.0000000721. The van der Waals surface area contributed by atoms with Crippen molar-refractivity contribution in [2.24, 2.45) is 0 Å². The molecule has 0 aromatic rings. The third kappa shape index (κ3) is 52.5. The zero-order valence-corrected chi connectivity index (χ0v) is 22.6. The first-order valence-corrected chi connectivity index (χ1v) is 11.3. The molecule has 0 unspecified atom stereocenters. The SMILES string of the molecule is CCCCCCCCCCCCCCCCCC(=O)O.O=P(O)(O)O.[Ca+2].[Ca+2].[H-].[H-].[H-].[H-]. The van der Waals surface area contributed by atoms with Crippen LogP contribution in [0, 0.1) is 0 Å². The minimum Gasteiger partial charge on any atom is -1.00 e. The Morgan fingerprint density at radius 3 is 1.11 bits per heavy atom. The Bertz CT molecular complexity index is 349. The Kier molecular flexibility index (Phi) is 38.0. The molecule has 0 saturated carbocycles. The number of hydrogen-bond acceptors (Lipinski definition) is 2. The van der Waals surface area contributed by atoms with Gasteiger partial charge in [-0.05, 0) is 6.42 Å². The number of rotatable bonds is 16. The average Bonchev–Trinajstić information content (AvgIpc) is 2.49. The summed E-state index contributed by atoms with van der Waals surface area (Å²) in [7, 11) is -4.64. The topological polar surface area (TPSA) is 115 Å². The Morgan fingerprint density at radius 1 is 0.667 bits per heavy atom. The van der Waals surface area contributed by atoms with Gasteiger partial charge < -0.3 is 25.5 Å². The molecular weight excluding hydrogens is 423 g/mol. The van der Waals surface area contributed by atoms with Crippen LogP contribution in [0.25, 0.3) is 0 Å². The van der Waals surface area contributed by atoms with Gasteiger partial charge in [-0.2, -0.15) is 0 Å². The third-order valence-electron chi connectivity index (χ3n) is 3.99. The summed E-state index contributed by atoms with van der Waals surface area (Å²) < 4.78 is 8.88. The monoisotopic (exact) mass is 466 g/mol. The van der Waals surface area contributed by atoms with E-state index in [0.29, 0.717) is 6.42 Å². The van der Waals surface area contributed by atoms with Crippen molar-refractivity contribution in [2.75, 3.05) is 0 Å². The first-order chi connectivity index (χ1) is 11.8. The summed E-state index contributed by atoms with van der Waals surface area (Å²) in [6.07, 6.45) is 20.2. The maximum Gasteiger partial charge on any atom is 2.00 e. The van der Waals surface area contributed by atoms with Crippen LogP contribution in [0.1, 0.15) is 115 Å². The fourth-order valence-electron chi connectivity index (χ4n) is 2.65. The molecule has 0 radical (unpaired) electrons. The van der Waals surface area contributed by atoms with Crippen molar-refractivity contribution in [3.63, 3.8) is 0 Å². The fourth-order valence-corrected chi connectivity index (χ4v) is 2.65. The van der Waals surface area contributed by atoms with Crippen molar-refractivity contribution in [2.45, 2.75) is 110 Å². The summed E-state index contributed by atoms with van der Waals surface area (Å²) in [4.78, 5) is 31.9. The minimum atomic E-state index is -4.64. The molecule has 0 atom stereocenters. The predicted octanol–water partition coefficient (Wildman–Crippen LogP) is 5.09. The van der Waals surface area contributed by atoms with Crippen molar-refractivity contribution in [1.29, 1.82) is 0 Å². The van der Waals surface area contributed by atoms with E-state index in [2.05, 4.69) is 6.92 Å². The zero-order chi connectivity index (χ0) is 19.4. The Morgan fingerprint density at radius 2 is 0.889 bits per heavy atom. The van der Waals surface area contributed by atoms with Crippen molar-refractivity contribution in [1.82, 2.24) is 0 Å². The van der Waals surface area contributed by atoms with Gasteiger partial charge in [0.25, 0.3) is 0 Å². The van der Waals surface area contributed by atoms with Gasteiger partial charge in [-0.3, -0.25) is 4.79 Å². The smallest absolute Gasteiger partial charge is 1.00 e. The van der Waals surface area contributed by atoms with Crippen LogP contribution < -0.4 is 0 Å². The largest absolute Gasteiger partial charge is 2.00 e. The molecule has 6 nitrogen and oxygen atoms in total. The van der Waals surface area contributed by atoms with E-state index in [4.69, 9.17) is 24.4 Å². The Hall–Kier alpha value is 2.10. The molecule has 0 heterocycles. The number of phosphoric acid groups is 1. The van der Waals surface area contributed by atoms with Gasteiger partial charge in [0.2, 0.25) is 0 Å². The molecule has 0 aliphatic heterocycles. The number of unbranched alkanes of at least 4 members (excludes halogenated alkanes) is 14. The van der Waals surface area contributed by atoms with Gasteiger partial charge >= 0.3 is 89.3 Å². The number of hydrogen-bond donors (Lipinski definition) is 4. The first-order valence-electron chi connectivity index (χ1n) is 9.77. The van der Waals surface area contributed by atoms with Crippen LogP contribution in [0.2, 0.25) is 0 Å². The molecule has 0 saturated heterocycles. The molecule has 9 heteroatoms. The van der Waals surface area contributed by atoms with E-state index in [1.54, 1.807) is 0 Å². The molecule has 4 N–H and O–H groups in total. The molecule has 0 rings (SSSR count). The molecule has 0 aliphatic rings. The summed E-state index contributed by atoms with van der Waals surface area (Å²) in [5, 5.41) is 8.52. The van der Waals surface area contributed by atoms with E-state index in [-0.39, 0.29) is 81.2 Å². The number of aliphatic carboxylic acids is 1. The summed E-state index contributed by atoms with van der Waals surface area (Å²) in [6.45, 7) is 2.27. The molecule has 160 valence electrons. The van der Waals surface area contributed by atoms with E-state index in [9.17, 15) is 4.79 Å². The van der Waals surface area contributed by atoms with Crippen molar-refractivity contribution in [3.8, 4) is 0 Å². The minimum absolute atomic E-state index is 0.